The lowest BCUT2D eigenvalue weighted by molar-refractivity contribution is 0.251. The zero-order valence-electron chi connectivity index (χ0n) is 5.13. The van der Waals surface area contributed by atoms with E-state index < -0.39 is 0 Å². The molecule has 8 heavy (non-hydrogen) atoms. The fourth-order valence-corrected chi connectivity index (χ4v) is 0.813. The Kier molecular flexibility index (Phi) is 5.59. The van der Waals surface area contributed by atoms with Gasteiger partial charge in [-0.1, -0.05) is 0 Å². The van der Waals surface area contributed by atoms with Gasteiger partial charge in [-0.2, -0.15) is 0 Å². The minimum absolute atomic E-state index is 0.210. The van der Waals surface area contributed by atoms with Crippen molar-refractivity contribution in [1.29, 1.82) is 0 Å². The Morgan fingerprint density at radius 2 is 2.38 bits per heavy atom. The molecular weight excluding hydrogens is 122 g/mol. The van der Waals surface area contributed by atoms with Gasteiger partial charge in [0, 0.05) is 0 Å². The molecule has 0 aliphatic rings. The van der Waals surface area contributed by atoms with E-state index in [0.717, 1.165) is 12.8 Å². The van der Waals surface area contributed by atoms with E-state index in [2.05, 4.69) is 0 Å². The second-order valence-electron chi connectivity index (χ2n) is 1.62. The van der Waals surface area contributed by atoms with Crippen molar-refractivity contribution in [2.24, 2.45) is 5.73 Å². The van der Waals surface area contributed by atoms with Crippen molar-refractivity contribution in [3.8, 4) is 0 Å². The van der Waals surface area contributed by atoms with Gasteiger partial charge in [0.25, 0.3) is 0 Å². The Morgan fingerprint density at radius 1 is 1.75 bits per heavy atom. The summed E-state index contributed by atoms with van der Waals surface area (Å²) >= 11 is 1.46. The quantitative estimate of drug-likeness (QED) is 0.549. The van der Waals surface area contributed by atoms with Crippen molar-refractivity contribution < 1.29 is 5.11 Å². The van der Waals surface area contributed by atoms with E-state index in [-0.39, 0.29) is 5.44 Å². The van der Waals surface area contributed by atoms with Crippen LogP contribution >= 0.6 is 11.8 Å². The molecule has 0 saturated heterocycles. The predicted octanol–water partition coefficient (Wildman–Crippen LogP) is 0.407. The van der Waals surface area contributed by atoms with E-state index >= 15 is 0 Å². The molecule has 0 aromatic heterocycles. The van der Waals surface area contributed by atoms with Gasteiger partial charge in [0.1, 0.15) is 0 Å². The van der Waals surface area contributed by atoms with Crippen molar-refractivity contribution in [1.82, 2.24) is 0 Å². The van der Waals surface area contributed by atoms with Gasteiger partial charge in [0.05, 0.1) is 5.44 Å². The highest BCUT2D eigenvalue weighted by Crippen LogP contribution is 2.07. The molecule has 0 aliphatic carbocycles. The number of aliphatic hydroxyl groups is 1. The third-order valence-electron chi connectivity index (χ3n) is 0.927. The number of hydrogen-bond donors (Lipinski definition) is 2. The van der Waals surface area contributed by atoms with Crippen LogP contribution in [-0.4, -0.2) is 23.3 Å². The Labute approximate surface area is 54.5 Å². The summed E-state index contributed by atoms with van der Waals surface area (Å²) in [6, 6.07) is 0. The minimum Gasteiger partial charge on any atom is -0.382 e. The first-order valence-electron chi connectivity index (χ1n) is 2.72. The molecule has 1 unspecified atom stereocenters. The van der Waals surface area contributed by atoms with E-state index in [1.54, 1.807) is 0 Å². The summed E-state index contributed by atoms with van der Waals surface area (Å²) in [7, 11) is 0. The van der Waals surface area contributed by atoms with E-state index in [1.807, 2.05) is 6.26 Å². The first-order valence-corrected chi connectivity index (χ1v) is 4.01. The summed E-state index contributed by atoms with van der Waals surface area (Å²) in [5.41, 5.74) is 5.00. The van der Waals surface area contributed by atoms with Crippen LogP contribution in [0, 0.1) is 0 Å². The molecule has 0 aromatic rings. The van der Waals surface area contributed by atoms with Gasteiger partial charge in [-0.05, 0) is 25.6 Å². The standard InChI is InChI=1S/C5H13NOS/c1-8-5(7)3-2-4-6/h5,7H,2-4,6H2,1H3. The van der Waals surface area contributed by atoms with Crippen LogP contribution in [0.3, 0.4) is 0 Å². The van der Waals surface area contributed by atoms with E-state index in [1.165, 1.54) is 11.8 Å². The molecule has 0 rings (SSSR count). The molecule has 0 aromatic carbocycles. The maximum absolute atomic E-state index is 8.90. The summed E-state index contributed by atoms with van der Waals surface area (Å²) < 4.78 is 0. The molecule has 0 heterocycles. The normalized spacial score (nSPS) is 13.9. The van der Waals surface area contributed by atoms with E-state index in [0.29, 0.717) is 6.54 Å². The second kappa shape index (κ2) is 5.41. The van der Waals surface area contributed by atoms with Crippen molar-refractivity contribution in [3.05, 3.63) is 0 Å². The van der Waals surface area contributed by atoms with Gasteiger partial charge in [-0.3, -0.25) is 0 Å². The molecule has 3 N–H and O–H groups in total. The number of rotatable bonds is 4. The van der Waals surface area contributed by atoms with Crippen molar-refractivity contribution in [2.45, 2.75) is 18.3 Å². The van der Waals surface area contributed by atoms with Gasteiger partial charge in [-0.25, -0.2) is 0 Å². The highest BCUT2D eigenvalue weighted by Gasteiger charge is 1.97. The van der Waals surface area contributed by atoms with Crippen LogP contribution in [0.25, 0.3) is 0 Å². The Hall–Kier alpha value is 0.270. The number of hydrogen-bond acceptors (Lipinski definition) is 3. The van der Waals surface area contributed by atoms with Crippen LogP contribution in [0.4, 0.5) is 0 Å². The lowest BCUT2D eigenvalue weighted by atomic mass is 10.3. The van der Waals surface area contributed by atoms with Crippen molar-refractivity contribution >= 4 is 11.8 Å². The Bertz CT molecular complexity index is 51.7. The molecule has 1 atom stereocenters. The van der Waals surface area contributed by atoms with E-state index in [9.17, 15) is 0 Å². The second-order valence-corrected chi connectivity index (χ2v) is 2.64. The molecule has 0 aliphatic heterocycles. The van der Waals surface area contributed by atoms with Gasteiger partial charge < -0.3 is 10.8 Å². The van der Waals surface area contributed by atoms with Gasteiger partial charge in [-0.15, -0.1) is 11.8 Å². The predicted molar refractivity (Wildman–Crippen MR) is 37.8 cm³/mol. The summed E-state index contributed by atoms with van der Waals surface area (Å²) in [5, 5.41) is 8.90. The van der Waals surface area contributed by atoms with Crippen LogP contribution in [0.2, 0.25) is 0 Å². The van der Waals surface area contributed by atoms with Gasteiger partial charge in [0.2, 0.25) is 0 Å². The van der Waals surface area contributed by atoms with Gasteiger partial charge in [0.15, 0.2) is 0 Å². The lowest BCUT2D eigenvalue weighted by Crippen LogP contribution is -2.05. The monoisotopic (exact) mass is 135 g/mol. The first kappa shape index (κ1) is 8.27. The van der Waals surface area contributed by atoms with E-state index in [4.69, 9.17) is 10.8 Å². The maximum atomic E-state index is 8.90. The molecule has 0 spiro atoms. The molecule has 3 heteroatoms. The Morgan fingerprint density at radius 3 is 2.75 bits per heavy atom. The first-order chi connectivity index (χ1) is 3.81. The fraction of sp³-hybridized carbons (Fsp3) is 1.00. The van der Waals surface area contributed by atoms with Crippen LogP contribution in [0.5, 0.6) is 0 Å². The molecule has 0 bridgehead atoms. The zero-order chi connectivity index (χ0) is 6.41. The van der Waals surface area contributed by atoms with Crippen LogP contribution in [-0.2, 0) is 0 Å². The third kappa shape index (κ3) is 4.43. The van der Waals surface area contributed by atoms with Crippen LogP contribution < -0.4 is 5.73 Å². The molecule has 50 valence electrons. The summed E-state index contributed by atoms with van der Waals surface area (Å²) in [6.07, 6.45) is 3.63. The third-order valence-corrected chi connectivity index (χ3v) is 1.71. The summed E-state index contributed by atoms with van der Waals surface area (Å²) in [5.74, 6) is 0. The topological polar surface area (TPSA) is 46.2 Å². The molecule has 2 nitrogen and oxygen atoms in total. The maximum Gasteiger partial charge on any atom is 0.0990 e. The zero-order valence-corrected chi connectivity index (χ0v) is 5.95. The highest BCUT2D eigenvalue weighted by atomic mass is 32.2. The van der Waals surface area contributed by atoms with Gasteiger partial charge >= 0.3 is 0 Å². The van der Waals surface area contributed by atoms with Crippen molar-refractivity contribution in [2.75, 3.05) is 12.8 Å². The Balaban J connectivity index is 2.86. The molecule has 0 saturated carbocycles. The lowest BCUT2D eigenvalue weighted by Gasteiger charge is -2.03. The largest absolute Gasteiger partial charge is 0.382 e. The average molecular weight is 135 g/mol. The molecular formula is C5H13NOS. The average Bonchev–Trinajstić information content (AvgIpc) is 1.83. The smallest absolute Gasteiger partial charge is 0.0990 e. The summed E-state index contributed by atoms with van der Waals surface area (Å²) in [4.78, 5) is 0. The molecule has 0 amide bonds. The molecule has 0 fully saturated rings. The van der Waals surface area contributed by atoms with Crippen LogP contribution in [0.1, 0.15) is 12.8 Å². The van der Waals surface area contributed by atoms with Crippen LogP contribution in [0.15, 0.2) is 0 Å². The van der Waals surface area contributed by atoms with Crippen molar-refractivity contribution in [3.63, 3.8) is 0 Å². The number of thioether (sulfide) groups is 1. The number of aliphatic hydroxyl groups excluding tert-OH is 1. The highest BCUT2D eigenvalue weighted by molar-refractivity contribution is 7.99. The molecule has 0 radical (unpaired) electrons. The SMILES string of the molecule is CSC(O)CCCN. The minimum atomic E-state index is -0.210. The number of nitrogens with two attached hydrogens (primary N) is 1. The fourth-order valence-electron chi connectivity index (χ4n) is 0.410. The summed E-state index contributed by atoms with van der Waals surface area (Å²) in [6.45, 7) is 0.678.